The predicted octanol–water partition coefficient (Wildman–Crippen LogP) is 2.28. The summed E-state index contributed by atoms with van der Waals surface area (Å²) in [5, 5.41) is 0. The van der Waals surface area contributed by atoms with Crippen molar-refractivity contribution >= 4 is 11.6 Å². The summed E-state index contributed by atoms with van der Waals surface area (Å²) in [6.07, 6.45) is 5.32. The molecule has 1 unspecified atom stereocenters. The van der Waals surface area contributed by atoms with Crippen molar-refractivity contribution in [3.05, 3.63) is 11.6 Å². The van der Waals surface area contributed by atoms with Crippen LogP contribution in [0.15, 0.2) is 11.6 Å². The molecule has 1 rings (SSSR count). The lowest BCUT2D eigenvalue weighted by Gasteiger charge is -2.18. The third-order valence-electron chi connectivity index (χ3n) is 2.56. The summed E-state index contributed by atoms with van der Waals surface area (Å²) in [6, 6.07) is 0. The Hall–Kier alpha value is -0.920. The molecule has 0 aliphatic heterocycles. The molecule has 0 saturated heterocycles. The zero-order valence-corrected chi connectivity index (χ0v) is 8.30. The van der Waals surface area contributed by atoms with Gasteiger partial charge < -0.3 is 0 Å². The minimum atomic E-state index is 0.204. The van der Waals surface area contributed by atoms with Crippen molar-refractivity contribution in [2.75, 3.05) is 0 Å². The van der Waals surface area contributed by atoms with Crippen LogP contribution < -0.4 is 0 Å². The molecule has 0 aromatic carbocycles. The number of carbonyl (C=O) groups excluding carboxylic acids is 2. The fraction of sp³-hybridized carbons (Fsp3) is 0.636. The molecule has 0 fully saturated rings. The Kier molecular flexibility index (Phi) is 3.40. The van der Waals surface area contributed by atoms with Gasteiger partial charge in [-0.1, -0.05) is 11.6 Å². The third kappa shape index (κ3) is 3.13. The summed E-state index contributed by atoms with van der Waals surface area (Å²) in [7, 11) is 0. The maximum Gasteiger partial charge on any atom is 0.133 e. The fourth-order valence-corrected chi connectivity index (χ4v) is 1.74. The second kappa shape index (κ2) is 4.35. The van der Waals surface area contributed by atoms with Crippen LogP contribution in [0.1, 0.15) is 39.5 Å². The lowest BCUT2D eigenvalue weighted by Crippen LogP contribution is -2.14. The molecule has 0 spiro atoms. The van der Waals surface area contributed by atoms with E-state index in [1.807, 2.05) is 0 Å². The van der Waals surface area contributed by atoms with Gasteiger partial charge in [0.05, 0.1) is 0 Å². The van der Waals surface area contributed by atoms with Gasteiger partial charge in [-0.05, 0) is 33.1 Å². The summed E-state index contributed by atoms with van der Waals surface area (Å²) in [4.78, 5) is 21.9. The summed E-state index contributed by atoms with van der Waals surface area (Å²) in [5.41, 5.74) is 1.21. The molecule has 0 aromatic rings. The van der Waals surface area contributed by atoms with Gasteiger partial charge in [-0.15, -0.1) is 0 Å². The van der Waals surface area contributed by atoms with Crippen molar-refractivity contribution < 1.29 is 9.59 Å². The Morgan fingerprint density at radius 2 is 2.15 bits per heavy atom. The highest BCUT2D eigenvalue weighted by molar-refractivity contribution is 5.80. The van der Waals surface area contributed by atoms with Gasteiger partial charge in [0.15, 0.2) is 0 Å². The van der Waals surface area contributed by atoms with Crippen LogP contribution in [0.2, 0.25) is 0 Å². The number of allylic oxidation sites excluding steroid dienone is 2. The zero-order valence-electron chi connectivity index (χ0n) is 8.30. The maximum atomic E-state index is 11.0. The topological polar surface area (TPSA) is 34.1 Å². The number of hydrogen-bond donors (Lipinski definition) is 0. The molecule has 1 aliphatic carbocycles. The molecular weight excluding hydrogens is 164 g/mol. The monoisotopic (exact) mass is 180 g/mol. The Balaban J connectivity index is 2.47. The van der Waals surface area contributed by atoms with E-state index in [1.165, 1.54) is 5.57 Å². The van der Waals surface area contributed by atoms with Gasteiger partial charge in [0.2, 0.25) is 0 Å². The van der Waals surface area contributed by atoms with Gasteiger partial charge in [0.25, 0.3) is 0 Å². The number of hydrogen-bond acceptors (Lipinski definition) is 2. The van der Waals surface area contributed by atoms with E-state index in [0.717, 1.165) is 19.3 Å². The molecule has 0 amide bonds. The Morgan fingerprint density at radius 3 is 2.54 bits per heavy atom. The number of ketones is 2. The van der Waals surface area contributed by atoms with Gasteiger partial charge in [0.1, 0.15) is 11.6 Å². The van der Waals surface area contributed by atoms with Crippen LogP contribution in [0.5, 0.6) is 0 Å². The number of carbonyl (C=O) groups is 2. The number of Topliss-reactive ketones (excluding diaryl/α,β-unsaturated/α-hetero) is 2. The van der Waals surface area contributed by atoms with Crippen molar-refractivity contribution in [2.45, 2.75) is 39.5 Å². The first kappa shape index (κ1) is 10.2. The first-order chi connectivity index (χ1) is 6.09. The molecule has 1 atom stereocenters. The average molecular weight is 180 g/mol. The largest absolute Gasteiger partial charge is 0.300 e. The molecule has 0 heterocycles. The highest BCUT2D eigenvalue weighted by atomic mass is 16.1. The van der Waals surface area contributed by atoms with Crippen LogP contribution in [0.4, 0.5) is 0 Å². The average Bonchev–Trinajstić information content (AvgIpc) is 2.04. The first-order valence-electron chi connectivity index (χ1n) is 4.77. The highest BCUT2D eigenvalue weighted by Crippen LogP contribution is 2.25. The molecule has 2 nitrogen and oxygen atoms in total. The van der Waals surface area contributed by atoms with Crippen LogP contribution in [0.25, 0.3) is 0 Å². The highest BCUT2D eigenvalue weighted by Gasteiger charge is 2.18. The Morgan fingerprint density at radius 1 is 1.46 bits per heavy atom. The molecule has 2 heteroatoms. The second-order valence-corrected chi connectivity index (χ2v) is 3.82. The lowest BCUT2D eigenvalue weighted by atomic mass is 9.86. The first-order valence-corrected chi connectivity index (χ1v) is 4.77. The van der Waals surface area contributed by atoms with Crippen LogP contribution in [-0.2, 0) is 9.59 Å². The smallest absolute Gasteiger partial charge is 0.133 e. The predicted molar refractivity (Wildman–Crippen MR) is 51.4 cm³/mol. The fourth-order valence-electron chi connectivity index (χ4n) is 1.74. The van der Waals surface area contributed by atoms with Crippen molar-refractivity contribution in [1.29, 1.82) is 0 Å². The Bertz CT molecular complexity index is 251. The molecule has 0 bridgehead atoms. The normalized spacial score (nSPS) is 22.3. The van der Waals surface area contributed by atoms with E-state index in [-0.39, 0.29) is 17.5 Å². The van der Waals surface area contributed by atoms with Crippen LogP contribution in [0.3, 0.4) is 0 Å². The molecule has 0 saturated carbocycles. The van der Waals surface area contributed by atoms with E-state index >= 15 is 0 Å². The van der Waals surface area contributed by atoms with E-state index in [9.17, 15) is 9.59 Å². The minimum absolute atomic E-state index is 0.204. The zero-order chi connectivity index (χ0) is 9.84. The van der Waals surface area contributed by atoms with Crippen molar-refractivity contribution in [3.8, 4) is 0 Å². The quantitative estimate of drug-likeness (QED) is 0.624. The summed E-state index contributed by atoms with van der Waals surface area (Å²) >= 11 is 0. The Labute approximate surface area is 79.0 Å². The van der Waals surface area contributed by atoms with Gasteiger partial charge >= 0.3 is 0 Å². The van der Waals surface area contributed by atoms with Gasteiger partial charge in [-0.25, -0.2) is 0 Å². The van der Waals surface area contributed by atoms with Crippen molar-refractivity contribution in [2.24, 2.45) is 5.92 Å². The van der Waals surface area contributed by atoms with E-state index in [1.54, 1.807) is 13.8 Å². The number of rotatable bonds is 3. The molecule has 13 heavy (non-hydrogen) atoms. The van der Waals surface area contributed by atoms with Gasteiger partial charge in [0, 0.05) is 12.3 Å². The van der Waals surface area contributed by atoms with Crippen molar-refractivity contribution in [1.82, 2.24) is 0 Å². The molecule has 0 N–H and O–H groups in total. The molecular formula is C11H16O2. The van der Waals surface area contributed by atoms with Crippen LogP contribution in [-0.4, -0.2) is 11.6 Å². The van der Waals surface area contributed by atoms with Crippen molar-refractivity contribution in [3.63, 3.8) is 0 Å². The molecule has 0 radical (unpaired) electrons. The van der Waals surface area contributed by atoms with E-state index < -0.39 is 0 Å². The van der Waals surface area contributed by atoms with E-state index in [2.05, 4.69) is 6.08 Å². The van der Waals surface area contributed by atoms with E-state index in [0.29, 0.717) is 6.42 Å². The van der Waals surface area contributed by atoms with Gasteiger partial charge in [-0.2, -0.15) is 0 Å². The minimum Gasteiger partial charge on any atom is -0.300 e. The lowest BCUT2D eigenvalue weighted by molar-refractivity contribution is -0.120. The molecule has 1 aliphatic rings. The van der Waals surface area contributed by atoms with Gasteiger partial charge in [-0.3, -0.25) is 9.59 Å². The molecule has 0 aromatic heterocycles. The molecule has 72 valence electrons. The summed E-state index contributed by atoms with van der Waals surface area (Å²) < 4.78 is 0. The SMILES string of the molecule is CC(=O)CC1=CCC(C(C)=O)CC1. The van der Waals surface area contributed by atoms with E-state index in [4.69, 9.17) is 0 Å². The van der Waals surface area contributed by atoms with Crippen LogP contribution >= 0.6 is 0 Å². The van der Waals surface area contributed by atoms with Crippen LogP contribution in [0, 0.1) is 5.92 Å². The summed E-state index contributed by atoms with van der Waals surface area (Å²) in [5.74, 6) is 0.696. The second-order valence-electron chi connectivity index (χ2n) is 3.82. The maximum absolute atomic E-state index is 11.0. The third-order valence-corrected chi connectivity index (χ3v) is 2.56. The standard InChI is InChI=1S/C11H16O2/c1-8(12)7-10-3-5-11(6-4-10)9(2)13/h3,11H,4-7H2,1-2H3. The summed E-state index contributed by atoms with van der Waals surface area (Å²) in [6.45, 7) is 3.26.